The molecule has 7 aromatic carbocycles. The van der Waals surface area contributed by atoms with Crippen LogP contribution in [0, 0.1) is 31.6 Å². The number of alkyl halides is 4. The van der Waals surface area contributed by atoms with Gasteiger partial charge in [-0.1, -0.05) is 218 Å². The molecule has 0 atom stereocenters. The topological polar surface area (TPSA) is 218 Å². The molecule has 0 saturated heterocycles. The molecule has 0 saturated carbocycles. The third-order valence-corrected chi connectivity index (χ3v) is 18.3. The van der Waals surface area contributed by atoms with E-state index >= 15 is 0 Å². The number of halogens is 5. The molecule has 0 bridgehead atoms. The van der Waals surface area contributed by atoms with E-state index in [1.54, 1.807) is 108 Å². The average Bonchev–Trinajstić information content (AvgIpc) is 1.61. The fourth-order valence-corrected chi connectivity index (χ4v) is 10.1. The highest BCUT2D eigenvalue weighted by Gasteiger charge is 2.28. The normalized spacial score (nSPS) is 11.3. The smallest absolute Gasteiger partial charge is 0.269 e. The van der Waals surface area contributed by atoms with E-state index in [9.17, 15) is 20.2 Å². The highest BCUT2D eigenvalue weighted by Crippen LogP contribution is 2.44. The molecular weight excluding hydrogens is 1540 g/mol. The number of anilines is 1. The zero-order valence-corrected chi connectivity index (χ0v) is 71.7. The molecule has 0 spiro atoms. The number of para-hydroxylation sites is 1. The van der Waals surface area contributed by atoms with E-state index in [1.165, 1.54) is 68.8 Å². The van der Waals surface area contributed by atoms with Crippen molar-refractivity contribution in [1.82, 2.24) is 4.98 Å². The molecule has 10 rings (SSSR count). The number of hydrogen-bond donors (Lipinski definition) is 1. The third kappa shape index (κ3) is 44.1. The van der Waals surface area contributed by atoms with Crippen LogP contribution in [0.3, 0.4) is 0 Å². The SMILES string of the molecule is C.CC.CNc1ccccc1.COC(C)(C)CBr.COC(C)(C)CC#N.COC(C)(C)CCl.COCC(C)(Cl)Cl.COCC(c1ccc([N+](=O)[O-])cc1)c1ccc([N+](=O)[O-])cc1.COCC1=C(Cl)Cc2ccccc21.COCC1c2ccccc2-c2ccccc21.COCCc1ccncc1.COCc1ccccc1. The Bertz CT molecular complexity index is 3630. The number of ether oxygens (including phenoxy) is 9. The maximum absolute atomic E-state index is 10.7. The zero-order valence-electron chi connectivity index (χ0n) is 67.0. The first-order valence-corrected chi connectivity index (χ1v) is 38.0. The van der Waals surface area contributed by atoms with Gasteiger partial charge in [0, 0.05) is 148 Å². The molecule has 0 unspecified atom stereocenters. The number of allylic oxidation sites excluding steroid dienone is 1. The van der Waals surface area contributed by atoms with Crippen molar-refractivity contribution in [2.45, 2.75) is 129 Å². The van der Waals surface area contributed by atoms with Crippen LogP contribution in [0.4, 0.5) is 17.1 Å². The maximum Gasteiger partial charge on any atom is 0.269 e. The lowest BCUT2D eigenvalue weighted by atomic mass is 9.92. The number of nitro benzene ring substituents is 2. The van der Waals surface area contributed by atoms with Crippen molar-refractivity contribution in [1.29, 1.82) is 5.26 Å². The second-order valence-electron chi connectivity index (χ2n) is 25.7. The number of hydrogen-bond acceptors (Lipinski definition) is 16. The van der Waals surface area contributed by atoms with Gasteiger partial charge in [0.1, 0.15) is 4.33 Å². The summed E-state index contributed by atoms with van der Waals surface area (Å²) in [6, 6.07) is 64.1. The van der Waals surface area contributed by atoms with Gasteiger partial charge >= 0.3 is 0 Å². The Morgan fingerprint density at radius 2 is 1.01 bits per heavy atom. The molecule has 1 N–H and O–H groups in total. The van der Waals surface area contributed by atoms with Crippen molar-refractivity contribution in [2.75, 3.05) is 121 Å². The summed E-state index contributed by atoms with van der Waals surface area (Å²) < 4.78 is 44.4. The Kier molecular flexibility index (Phi) is 57.6. The van der Waals surface area contributed by atoms with Gasteiger partial charge in [0.05, 0.1) is 84.7 Å². The molecule has 1 aromatic heterocycles. The quantitative estimate of drug-likeness (QED) is 0.0338. The van der Waals surface area contributed by atoms with E-state index in [0.29, 0.717) is 44.6 Å². The molecule has 2 aliphatic rings. The monoisotopic (exact) mass is 1660 g/mol. The van der Waals surface area contributed by atoms with E-state index < -0.39 is 14.2 Å². The lowest BCUT2D eigenvalue weighted by molar-refractivity contribution is -0.385. The lowest BCUT2D eigenvalue weighted by Crippen LogP contribution is -2.23. The Morgan fingerprint density at radius 1 is 0.564 bits per heavy atom. The van der Waals surface area contributed by atoms with Gasteiger partial charge in [0.15, 0.2) is 0 Å². The Morgan fingerprint density at radius 3 is 1.35 bits per heavy atom. The van der Waals surface area contributed by atoms with Crippen molar-refractivity contribution in [3.63, 3.8) is 0 Å². The van der Waals surface area contributed by atoms with Gasteiger partial charge in [-0.25, -0.2) is 0 Å². The maximum atomic E-state index is 10.7. The van der Waals surface area contributed by atoms with Crippen LogP contribution in [0.2, 0.25) is 0 Å². The van der Waals surface area contributed by atoms with Crippen LogP contribution in [-0.2, 0) is 62.1 Å². The van der Waals surface area contributed by atoms with Crippen LogP contribution < -0.4 is 5.32 Å². The molecule has 1 heterocycles. The molecule has 0 radical (unpaired) electrons. The highest BCUT2D eigenvalue weighted by molar-refractivity contribution is 9.09. The van der Waals surface area contributed by atoms with E-state index in [1.807, 2.05) is 153 Å². The number of methoxy groups -OCH3 is 9. The lowest BCUT2D eigenvalue weighted by Gasteiger charge is -2.18. The molecule has 606 valence electrons. The summed E-state index contributed by atoms with van der Waals surface area (Å²) in [4.78, 5) is 24.4. The first-order valence-electron chi connectivity index (χ1n) is 35.2. The first kappa shape index (κ1) is 105. The van der Waals surface area contributed by atoms with Crippen molar-refractivity contribution in [2.24, 2.45) is 0 Å². The first-order chi connectivity index (χ1) is 52.0. The van der Waals surface area contributed by atoms with Crippen LogP contribution in [0.25, 0.3) is 16.7 Å². The number of pyridine rings is 1. The number of benzene rings is 7. The molecule has 18 nitrogen and oxygen atoms in total. The van der Waals surface area contributed by atoms with Gasteiger partial charge < -0.3 is 47.9 Å². The molecule has 0 aliphatic heterocycles. The largest absolute Gasteiger partial charge is 0.388 e. The standard InChI is InChI=1S/C15H14N2O5.C15H14O.C11H11ClO.C8H11NO.C8H10O.C7H9N.C6H11NO.C5H11BrO.C5H11ClO.C4H8Cl2O.C2H6.CH4/c1-22-10-15(11-2-6-13(7-3-11)16(18)19)12-4-8-14(9-5-12)17(20)21;1-16-10-15-13-8-4-2-6-11(13)12-7-3-5-9-14(12)15;1-13-7-10-9-5-3-2-4-8(9)6-11(10)12;1-10-7-4-8-2-5-9-6-3-8;1-9-7-8-5-3-2-4-6-8;1-8-7-5-3-2-4-6-7;1-6(2,8-3)4-5-7;2*1-5(2,4-6)7-3;1-4(5,6)3-7-2;1-2;/h2-9,15H,10H2,1H3;2-9,15H,10H2,1H3;2-5H,6-7H2,1H3;2-3,5-6H,4,7H2,1H3;2-6H,7H2,1H3;2-6,8H,1H3;4H2,1-3H3;2*4H2,1-3H3;3H2,1-2H3;1-2H3;1H4. The van der Waals surface area contributed by atoms with Crippen LogP contribution in [-0.4, -0.2) is 151 Å². The number of non-ortho nitro benzene ring substituents is 2. The number of fused-ring (bicyclic) bond motifs is 4. The van der Waals surface area contributed by atoms with Gasteiger partial charge in [0.25, 0.3) is 11.4 Å². The van der Waals surface area contributed by atoms with E-state index in [4.69, 9.17) is 89.6 Å². The second-order valence-corrected chi connectivity index (χ2v) is 28.8. The molecule has 23 heteroatoms. The summed E-state index contributed by atoms with van der Waals surface area (Å²) in [7, 11) is 16.9. The predicted octanol–water partition coefficient (Wildman–Crippen LogP) is 22.7. The fourth-order valence-electron chi connectivity index (χ4n) is 9.24. The van der Waals surface area contributed by atoms with Crippen LogP contribution in [0.15, 0.2) is 212 Å². The van der Waals surface area contributed by atoms with E-state index in [-0.39, 0.29) is 41.5 Å². The van der Waals surface area contributed by atoms with Crippen molar-refractivity contribution >= 4 is 85.0 Å². The molecule has 110 heavy (non-hydrogen) atoms. The minimum atomic E-state index is -0.727. The predicted molar refractivity (Wildman–Crippen MR) is 461 cm³/mol. The Hall–Kier alpha value is -7.20. The fraction of sp³-hybridized carbons (Fsp3) is 0.425. The third-order valence-electron chi connectivity index (χ3n) is 15.7. The van der Waals surface area contributed by atoms with Crippen LogP contribution >= 0.6 is 62.3 Å². The number of nitrogens with one attached hydrogen (secondary N) is 1. The second kappa shape index (κ2) is 60.5. The molecule has 8 aromatic rings. The summed E-state index contributed by atoms with van der Waals surface area (Å²) in [6.07, 6.45) is 5.87. The Balaban J connectivity index is 0. The van der Waals surface area contributed by atoms with Crippen LogP contribution in [0.1, 0.15) is 133 Å². The number of nitro groups is 2. The Labute approximate surface area is 685 Å². The van der Waals surface area contributed by atoms with E-state index in [2.05, 4.69) is 91.6 Å². The minimum Gasteiger partial charge on any atom is -0.388 e. The summed E-state index contributed by atoms with van der Waals surface area (Å²) in [6.45, 7) is 21.0. The average molecular weight is 1670 g/mol. The van der Waals surface area contributed by atoms with Crippen molar-refractivity contribution in [3.05, 3.63) is 276 Å². The summed E-state index contributed by atoms with van der Waals surface area (Å²) in [5.41, 5.74) is 14.2. The van der Waals surface area contributed by atoms with Gasteiger partial charge in [-0.2, -0.15) is 5.26 Å². The van der Waals surface area contributed by atoms with Gasteiger partial charge in [-0.05, 0) is 135 Å². The summed E-state index contributed by atoms with van der Waals surface area (Å²) in [5.74, 6) is 0.799. The van der Waals surface area contributed by atoms with Gasteiger partial charge in [-0.3, -0.25) is 25.2 Å². The van der Waals surface area contributed by atoms with Gasteiger partial charge in [-0.15, -0.1) is 11.6 Å². The summed E-state index contributed by atoms with van der Waals surface area (Å²) >= 11 is 25.8. The molecule has 0 amide bonds. The number of nitriles is 1. The molecule has 2 aliphatic carbocycles. The number of aromatic nitrogens is 1. The molecule has 0 fully saturated rings. The molecular formula is C87H120BrCl4N5O13. The summed E-state index contributed by atoms with van der Waals surface area (Å²) in [5, 5.41) is 34.4. The number of rotatable bonds is 24. The van der Waals surface area contributed by atoms with Gasteiger partial charge in [0.2, 0.25) is 0 Å². The van der Waals surface area contributed by atoms with E-state index in [0.717, 1.165) is 58.8 Å². The van der Waals surface area contributed by atoms with Crippen molar-refractivity contribution < 1.29 is 52.5 Å². The highest BCUT2D eigenvalue weighted by atomic mass is 79.9. The zero-order chi connectivity index (χ0) is 82.3. The number of nitrogens with zero attached hydrogens (tertiary/aromatic N) is 4. The van der Waals surface area contributed by atoms with Crippen LogP contribution in [0.5, 0.6) is 0 Å². The van der Waals surface area contributed by atoms with Crippen molar-refractivity contribution in [3.8, 4) is 17.2 Å². The minimum absolute atomic E-state index is 0.